The molecule has 1 aliphatic heterocycles. The van der Waals surface area contributed by atoms with Crippen molar-refractivity contribution in [1.29, 1.82) is 0 Å². The van der Waals surface area contributed by atoms with Gasteiger partial charge in [-0.3, -0.25) is 9.59 Å². The van der Waals surface area contributed by atoms with Gasteiger partial charge in [0.1, 0.15) is 0 Å². The monoisotopic (exact) mass is 398 g/mol. The van der Waals surface area contributed by atoms with Crippen LogP contribution in [0.25, 0.3) is 0 Å². The molecule has 1 heterocycles. The Morgan fingerprint density at radius 3 is 2.12 bits per heavy atom. The van der Waals surface area contributed by atoms with Crippen LogP contribution in [0.5, 0.6) is 0 Å². The van der Waals surface area contributed by atoms with E-state index < -0.39 is 41.2 Å². The predicted molar refractivity (Wildman–Crippen MR) is 92.6 cm³/mol. The van der Waals surface area contributed by atoms with E-state index in [2.05, 4.69) is 5.32 Å². The number of carbonyl (C=O) groups excluding carboxylic acids is 2. The van der Waals surface area contributed by atoms with Crippen LogP contribution in [0.2, 0.25) is 0 Å². The standard InChI is InChI=1S/C14H13F3N2O4.2H2S/c1-6-4-19(13(21)14(22)23)5-8(6)12(20)18-7-2-9(15)11(17)10(16)3-7;;/h2-3,6,8H,4-5H2,1H3,(H,18,20)(H,22,23);2*1H2/t6-,8-;;/m1../s1. The third kappa shape index (κ3) is 5.05. The number of amides is 2. The van der Waals surface area contributed by atoms with Gasteiger partial charge in [-0.05, 0) is 5.92 Å². The first-order valence-corrected chi connectivity index (χ1v) is 6.68. The molecule has 0 unspecified atom stereocenters. The number of carboxylic acid groups (broad SMARTS) is 1. The molecule has 0 saturated carbocycles. The molecule has 2 rings (SSSR count). The molecule has 25 heavy (non-hydrogen) atoms. The summed E-state index contributed by atoms with van der Waals surface area (Å²) in [5.41, 5.74) is -0.262. The minimum Gasteiger partial charge on any atom is -0.474 e. The van der Waals surface area contributed by atoms with E-state index in [1.807, 2.05) is 0 Å². The second-order valence-electron chi connectivity index (χ2n) is 5.34. The third-order valence-corrected chi connectivity index (χ3v) is 3.67. The fourth-order valence-electron chi connectivity index (χ4n) is 2.47. The van der Waals surface area contributed by atoms with Crippen molar-refractivity contribution in [2.75, 3.05) is 18.4 Å². The molecule has 6 nitrogen and oxygen atoms in total. The van der Waals surface area contributed by atoms with E-state index in [9.17, 15) is 27.6 Å². The lowest BCUT2D eigenvalue weighted by molar-refractivity contribution is -0.155. The molecule has 0 bridgehead atoms. The second-order valence-corrected chi connectivity index (χ2v) is 5.34. The smallest absolute Gasteiger partial charge is 0.394 e. The first-order valence-electron chi connectivity index (χ1n) is 6.68. The van der Waals surface area contributed by atoms with Crippen LogP contribution < -0.4 is 5.32 Å². The molecular formula is C14H17F3N2O4S2. The van der Waals surface area contributed by atoms with Gasteiger partial charge in [-0.15, -0.1) is 0 Å². The molecule has 2 amide bonds. The van der Waals surface area contributed by atoms with Gasteiger partial charge in [0.25, 0.3) is 0 Å². The highest BCUT2D eigenvalue weighted by atomic mass is 32.1. The molecular weight excluding hydrogens is 381 g/mol. The number of rotatable bonds is 2. The summed E-state index contributed by atoms with van der Waals surface area (Å²) in [5, 5.41) is 10.9. The van der Waals surface area contributed by atoms with Crippen molar-refractivity contribution in [3.8, 4) is 0 Å². The number of hydrogen-bond acceptors (Lipinski definition) is 3. The SMILES string of the molecule is C[C@@H]1CN(C(=O)C(=O)O)C[C@H]1C(=O)Nc1cc(F)c(F)c(F)c1.S.S. The summed E-state index contributed by atoms with van der Waals surface area (Å²) in [6, 6.07) is 1.27. The Labute approximate surface area is 155 Å². The normalized spacial score (nSPS) is 18.8. The maximum Gasteiger partial charge on any atom is 0.394 e. The molecule has 0 spiro atoms. The summed E-state index contributed by atoms with van der Waals surface area (Å²) < 4.78 is 39.1. The van der Waals surface area contributed by atoms with Gasteiger partial charge in [-0.1, -0.05) is 6.92 Å². The molecule has 1 saturated heterocycles. The molecule has 140 valence electrons. The number of nitrogens with one attached hydrogen (secondary N) is 1. The van der Waals surface area contributed by atoms with E-state index in [0.29, 0.717) is 12.1 Å². The molecule has 1 aliphatic rings. The van der Waals surface area contributed by atoms with E-state index >= 15 is 0 Å². The fourth-order valence-corrected chi connectivity index (χ4v) is 2.47. The Morgan fingerprint density at radius 1 is 1.12 bits per heavy atom. The number of anilines is 1. The number of aliphatic carboxylic acids is 1. The van der Waals surface area contributed by atoms with Crippen LogP contribution in [0, 0.1) is 29.3 Å². The van der Waals surface area contributed by atoms with Crippen LogP contribution >= 0.6 is 27.0 Å². The Hall–Kier alpha value is -1.88. The summed E-state index contributed by atoms with van der Waals surface area (Å²) in [6.45, 7) is 1.60. The number of likely N-dealkylation sites (tertiary alicyclic amines) is 1. The Kier molecular flexibility index (Phi) is 8.32. The largest absolute Gasteiger partial charge is 0.474 e. The van der Waals surface area contributed by atoms with Crippen LogP contribution in [0.4, 0.5) is 18.9 Å². The number of halogens is 3. The Balaban J connectivity index is 0.00000288. The highest BCUT2D eigenvalue weighted by Crippen LogP contribution is 2.25. The van der Waals surface area contributed by atoms with Crippen molar-refractivity contribution >= 4 is 50.5 Å². The fraction of sp³-hybridized carbons (Fsp3) is 0.357. The first-order chi connectivity index (χ1) is 10.7. The van der Waals surface area contributed by atoms with Crippen LogP contribution in [-0.2, 0) is 14.4 Å². The maximum atomic E-state index is 13.1. The summed E-state index contributed by atoms with van der Waals surface area (Å²) in [5.74, 6) is -8.99. The van der Waals surface area contributed by atoms with Gasteiger partial charge in [0.15, 0.2) is 17.5 Å². The van der Waals surface area contributed by atoms with Crippen molar-refractivity contribution in [3.05, 3.63) is 29.6 Å². The van der Waals surface area contributed by atoms with Crippen molar-refractivity contribution in [2.24, 2.45) is 11.8 Å². The van der Waals surface area contributed by atoms with Crippen molar-refractivity contribution in [3.63, 3.8) is 0 Å². The van der Waals surface area contributed by atoms with E-state index in [0.717, 1.165) is 4.90 Å². The summed E-state index contributed by atoms with van der Waals surface area (Å²) in [4.78, 5) is 35.2. The average molecular weight is 398 g/mol. The quantitative estimate of drug-likeness (QED) is 0.583. The third-order valence-electron chi connectivity index (χ3n) is 3.67. The Morgan fingerprint density at radius 2 is 1.64 bits per heavy atom. The number of carboxylic acids is 1. The topological polar surface area (TPSA) is 86.7 Å². The molecule has 11 heteroatoms. The summed E-state index contributed by atoms with van der Waals surface area (Å²) in [7, 11) is 0. The van der Waals surface area contributed by atoms with Gasteiger partial charge < -0.3 is 15.3 Å². The van der Waals surface area contributed by atoms with E-state index in [-0.39, 0.29) is 51.7 Å². The van der Waals surface area contributed by atoms with Crippen LogP contribution in [0.3, 0.4) is 0 Å². The average Bonchev–Trinajstić information content (AvgIpc) is 2.85. The zero-order valence-corrected chi connectivity index (χ0v) is 15.0. The van der Waals surface area contributed by atoms with E-state index in [4.69, 9.17) is 5.11 Å². The highest BCUT2D eigenvalue weighted by Gasteiger charge is 2.38. The van der Waals surface area contributed by atoms with Gasteiger partial charge >= 0.3 is 11.9 Å². The molecule has 0 radical (unpaired) electrons. The zero-order valence-electron chi connectivity index (χ0n) is 13.0. The van der Waals surface area contributed by atoms with Crippen LogP contribution in [0.1, 0.15) is 6.92 Å². The number of carbonyl (C=O) groups is 3. The maximum absolute atomic E-state index is 13.1. The summed E-state index contributed by atoms with van der Waals surface area (Å²) in [6.07, 6.45) is 0. The summed E-state index contributed by atoms with van der Waals surface area (Å²) >= 11 is 0. The molecule has 1 aromatic rings. The molecule has 1 aromatic carbocycles. The molecule has 0 aliphatic carbocycles. The minimum atomic E-state index is -1.64. The van der Waals surface area contributed by atoms with Gasteiger partial charge in [0, 0.05) is 30.9 Å². The molecule has 2 N–H and O–H groups in total. The minimum absolute atomic E-state index is 0. The Bertz CT molecular complexity index is 667. The number of hydrogen-bond donors (Lipinski definition) is 2. The molecule has 2 atom stereocenters. The van der Waals surface area contributed by atoms with E-state index in [1.165, 1.54) is 0 Å². The molecule has 1 fully saturated rings. The van der Waals surface area contributed by atoms with Crippen molar-refractivity contribution < 1.29 is 32.7 Å². The van der Waals surface area contributed by atoms with Crippen LogP contribution in [0.15, 0.2) is 12.1 Å². The lowest BCUT2D eigenvalue weighted by Gasteiger charge is -2.15. The zero-order chi connectivity index (χ0) is 17.3. The predicted octanol–water partition coefficient (Wildman–Crippen LogP) is 1.45. The van der Waals surface area contributed by atoms with Gasteiger partial charge in [-0.2, -0.15) is 27.0 Å². The van der Waals surface area contributed by atoms with Crippen LogP contribution in [-0.4, -0.2) is 40.9 Å². The highest BCUT2D eigenvalue weighted by molar-refractivity contribution is 7.59. The van der Waals surface area contributed by atoms with Crippen molar-refractivity contribution in [2.45, 2.75) is 6.92 Å². The number of benzene rings is 1. The van der Waals surface area contributed by atoms with Crippen molar-refractivity contribution in [1.82, 2.24) is 4.90 Å². The number of nitrogens with zero attached hydrogens (tertiary/aromatic N) is 1. The van der Waals surface area contributed by atoms with E-state index in [1.54, 1.807) is 6.92 Å². The lowest BCUT2D eigenvalue weighted by Crippen LogP contribution is -2.36. The van der Waals surface area contributed by atoms with Gasteiger partial charge in [0.05, 0.1) is 5.92 Å². The second kappa shape index (κ2) is 8.99. The molecule has 0 aromatic heterocycles. The van der Waals surface area contributed by atoms with Gasteiger partial charge in [0.2, 0.25) is 5.91 Å². The first kappa shape index (κ1) is 23.1. The van der Waals surface area contributed by atoms with Gasteiger partial charge in [-0.25, -0.2) is 18.0 Å². The lowest BCUT2D eigenvalue weighted by atomic mass is 9.97.